The summed E-state index contributed by atoms with van der Waals surface area (Å²) in [5.41, 5.74) is 3.68. The lowest BCUT2D eigenvalue weighted by Gasteiger charge is -2.12. The second-order valence-electron chi connectivity index (χ2n) is 3.61. The Morgan fingerprint density at radius 3 is 2.62 bits per heavy atom. The Kier molecular flexibility index (Phi) is 3.64. The van der Waals surface area contributed by atoms with Crippen molar-refractivity contribution in [1.82, 2.24) is 4.98 Å². The maximum Gasteiger partial charge on any atom is 0.123 e. The summed E-state index contributed by atoms with van der Waals surface area (Å²) >= 11 is 1.54. The van der Waals surface area contributed by atoms with Crippen molar-refractivity contribution in [3.05, 3.63) is 52.2 Å². The van der Waals surface area contributed by atoms with Crippen molar-refractivity contribution in [3.63, 3.8) is 0 Å². The molecule has 4 heteroatoms. The Balaban J connectivity index is 2.13. The van der Waals surface area contributed by atoms with Crippen molar-refractivity contribution >= 4 is 11.3 Å². The van der Waals surface area contributed by atoms with Crippen LogP contribution in [0, 0.1) is 5.82 Å². The van der Waals surface area contributed by atoms with Crippen LogP contribution in [0.15, 0.2) is 35.2 Å². The van der Waals surface area contributed by atoms with Gasteiger partial charge in [0.25, 0.3) is 0 Å². The second kappa shape index (κ2) is 5.18. The zero-order valence-electron chi connectivity index (χ0n) is 8.64. The van der Waals surface area contributed by atoms with Gasteiger partial charge in [0.2, 0.25) is 0 Å². The van der Waals surface area contributed by atoms with Gasteiger partial charge in [0.1, 0.15) is 5.82 Å². The van der Waals surface area contributed by atoms with E-state index in [0.717, 1.165) is 11.3 Å². The Morgan fingerprint density at radius 2 is 2.06 bits per heavy atom. The third-order valence-electron chi connectivity index (χ3n) is 2.50. The van der Waals surface area contributed by atoms with E-state index in [0.29, 0.717) is 6.42 Å². The Morgan fingerprint density at radius 1 is 1.31 bits per heavy atom. The molecule has 0 saturated carbocycles. The number of nitrogens with zero attached hydrogens (tertiary/aromatic N) is 1. The second-order valence-corrected chi connectivity index (χ2v) is 4.33. The number of rotatable bonds is 4. The summed E-state index contributed by atoms with van der Waals surface area (Å²) < 4.78 is 12.8. The van der Waals surface area contributed by atoms with Gasteiger partial charge in [-0.2, -0.15) is 0 Å². The fraction of sp³-hybridized carbons (Fsp3) is 0.250. The smallest absolute Gasteiger partial charge is 0.123 e. The SMILES string of the molecule is OCC(Cc1cscn1)c1ccc(F)cc1. The Hall–Kier alpha value is -1.26. The lowest BCUT2D eigenvalue weighted by molar-refractivity contribution is 0.264. The molecular formula is C12H12FNOS. The molecule has 2 aromatic rings. The molecule has 1 aromatic heterocycles. The van der Waals surface area contributed by atoms with Crippen molar-refractivity contribution in [2.24, 2.45) is 0 Å². The fourth-order valence-corrected chi connectivity index (χ4v) is 2.18. The molecule has 16 heavy (non-hydrogen) atoms. The lowest BCUT2D eigenvalue weighted by atomic mass is 9.95. The number of aromatic nitrogens is 1. The van der Waals surface area contributed by atoms with Gasteiger partial charge in [-0.15, -0.1) is 11.3 Å². The van der Waals surface area contributed by atoms with Crippen molar-refractivity contribution in [3.8, 4) is 0 Å². The highest BCUT2D eigenvalue weighted by Gasteiger charge is 2.12. The molecule has 1 aromatic carbocycles. The molecule has 0 amide bonds. The van der Waals surface area contributed by atoms with Crippen LogP contribution < -0.4 is 0 Å². The summed E-state index contributed by atoms with van der Waals surface area (Å²) in [6.45, 7) is 0.0448. The third-order valence-corrected chi connectivity index (χ3v) is 3.14. The fourth-order valence-electron chi connectivity index (χ4n) is 1.61. The van der Waals surface area contributed by atoms with E-state index in [1.807, 2.05) is 5.38 Å². The molecule has 2 nitrogen and oxygen atoms in total. The number of hydrogen-bond donors (Lipinski definition) is 1. The summed E-state index contributed by atoms with van der Waals surface area (Å²) in [4.78, 5) is 4.18. The average molecular weight is 237 g/mol. The van der Waals surface area contributed by atoms with E-state index in [4.69, 9.17) is 0 Å². The molecule has 84 valence electrons. The Labute approximate surface area is 97.4 Å². The minimum Gasteiger partial charge on any atom is -0.396 e. The maximum atomic E-state index is 12.8. The van der Waals surface area contributed by atoms with Gasteiger partial charge in [0.15, 0.2) is 0 Å². The van der Waals surface area contributed by atoms with Crippen LogP contribution in [-0.4, -0.2) is 16.7 Å². The van der Waals surface area contributed by atoms with Crippen LogP contribution in [0.25, 0.3) is 0 Å². The minimum absolute atomic E-state index is 0.0114. The highest BCUT2D eigenvalue weighted by Crippen LogP contribution is 2.20. The van der Waals surface area contributed by atoms with E-state index in [2.05, 4.69) is 4.98 Å². The molecule has 0 aliphatic rings. The predicted octanol–water partition coefficient (Wildman–Crippen LogP) is 2.60. The molecule has 1 unspecified atom stereocenters. The number of aliphatic hydroxyl groups excluding tert-OH is 1. The summed E-state index contributed by atoms with van der Waals surface area (Å²) in [6.07, 6.45) is 0.686. The highest BCUT2D eigenvalue weighted by molar-refractivity contribution is 7.07. The van der Waals surface area contributed by atoms with Crippen LogP contribution in [0.2, 0.25) is 0 Å². The van der Waals surface area contributed by atoms with E-state index in [1.54, 1.807) is 17.6 Å². The average Bonchev–Trinajstić information content (AvgIpc) is 2.80. The first-order valence-electron chi connectivity index (χ1n) is 5.03. The monoisotopic (exact) mass is 237 g/mol. The van der Waals surface area contributed by atoms with Crippen LogP contribution >= 0.6 is 11.3 Å². The molecule has 1 atom stereocenters. The lowest BCUT2D eigenvalue weighted by Crippen LogP contribution is -2.08. The van der Waals surface area contributed by atoms with Crippen molar-refractivity contribution in [1.29, 1.82) is 0 Å². The number of aliphatic hydroxyl groups is 1. The van der Waals surface area contributed by atoms with Gasteiger partial charge in [-0.1, -0.05) is 12.1 Å². The first-order chi connectivity index (χ1) is 7.79. The molecule has 2 rings (SSSR count). The van der Waals surface area contributed by atoms with E-state index < -0.39 is 0 Å². The van der Waals surface area contributed by atoms with Gasteiger partial charge in [-0.3, -0.25) is 0 Å². The molecule has 1 N–H and O–H groups in total. The Bertz CT molecular complexity index is 427. The highest BCUT2D eigenvalue weighted by atomic mass is 32.1. The predicted molar refractivity (Wildman–Crippen MR) is 62.0 cm³/mol. The van der Waals surface area contributed by atoms with Gasteiger partial charge in [-0.05, 0) is 24.1 Å². The van der Waals surface area contributed by atoms with Gasteiger partial charge < -0.3 is 5.11 Å². The van der Waals surface area contributed by atoms with Crippen molar-refractivity contribution in [2.75, 3.05) is 6.61 Å². The van der Waals surface area contributed by atoms with Crippen LogP contribution in [0.4, 0.5) is 4.39 Å². The molecule has 0 aliphatic heterocycles. The first-order valence-corrected chi connectivity index (χ1v) is 5.97. The van der Waals surface area contributed by atoms with Crippen LogP contribution in [0.5, 0.6) is 0 Å². The van der Waals surface area contributed by atoms with Gasteiger partial charge >= 0.3 is 0 Å². The topological polar surface area (TPSA) is 33.1 Å². The summed E-state index contributed by atoms with van der Waals surface area (Å²) in [5.74, 6) is -0.267. The molecule has 0 aliphatic carbocycles. The molecule has 0 saturated heterocycles. The van der Waals surface area contributed by atoms with Crippen LogP contribution in [0.3, 0.4) is 0 Å². The number of hydrogen-bond acceptors (Lipinski definition) is 3. The molecule has 0 spiro atoms. The maximum absolute atomic E-state index is 12.8. The number of halogens is 1. The quantitative estimate of drug-likeness (QED) is 0.886. The molecule has 0 bridgehead atoms. The van der Waals surface area contributed by atoms with E-state index >= 15 is 0 Å². The van der Waals surface area contributed by atoms with E-state index in [-0.39, 0.29) is 18.3 Å². The van der Waals surface area contributed by atoms with Gasteiger partial charge in [-0.25, -0.2) is 9.37 Å². The molecule has 0 radical (unpaired) electrons. The molecule has 0 fully saturated rings. The number of benzene rings is 1. The van der Waals surface area contributed by atoms with Crippen molar-refractivity contribution in [2.45, 2.75) is 12.3 Å². The van der Waals surface area contributed by atoms with Gasteiger partial charge in [0.05, 0.1) is 17.8 Å². The van der Waals surface area contributed by atoms with Crippen molar-refractivity contribution < 1.29 is 9.50 Å². The zero-order chi connectivity index (χ0) is 11.4. The summed E-state index contributed by atoms with van der Waals surface area (Å²) in [5, 5.41) is 11.3. The third kappa shape index (κ3) is 2.65. The summed E-state index contributed by atoms with van der Waals surface area (Å²) in [7, 11) is 0. The first kappa shape index (κ1) is 11.2. The van der Waals surface area contributed by atoms with Gasteiger partial charge in [0, 0.05) is 11.3 Å². The largest absolute Gasteiger partial charge is 0.396 e. The zero-order valence-corrected chi connectivity index (χ0v) is 9.45. The van der Waals surface area contributed by atoms with E-state index in [9.17, 15) is 9.50 Å². The van der Waals surface area contributed by atoms with Crippen LogP contribution in [-0.2, 0) is 6.42 Å². The number of thiazole rings is 1. The molecular weight excluding hydrogens is 225 g/mol. The standard InChI is InChI=1S/C12H12FNOS/c13-11-3-1-9(2-4-11)10(6-15)5-12-7-16-8-14-12/h1-4,7-8,10,15H,5-6H2. The normalized spacial score (nSPS) is 12.6. The summed E-state index contributed by atoms with van der Waals surface area (Å²) in [6, 6.07) is 6.25. The van der Waals surface area contributed by atoms with Crippen LogP contribution in [0.1, 0.15) is 17.2 Å². The minimum atomic E-state index is -0.255. The van der Waals surface area contributed by atoms with E-state index in [1.165, 1.54) is 23.5 Å². The molecule has 1 heterocycles.